The van der Waals surface area contributed by atoms with E-state index in [1.165, 1.54) is 0 Å². The quantitative estimate of drug-likeness (QED) is 0.605. The first-order chi connectivity index (χ1) is 8.56. The van der Waals surface area contributed by atoms with Crippen molar-refractivity contribution in [2.24, 2.45) is 23.7 Å². The Bertz CT molecular complexity index is 583. The number of fused-ring (bicyclic) bond motifs is 2. The number of Topliss-reactive ketones (excluding diaryl/α,β-unsaturated/α-hetero) is 2. The van der Waals surface area contributed by atoms with Crippen LogP contribution in [-0.4, -0.2) is 35.4 Å². The molecule has 0 radical (unpaired) electrons. The molecule has 0 aromatic rings. The second kappa shape index (κ2) is 2.59. The highest BCUT2D eigenvalue weighted by Gasteiger charge is 3.11. The smallest absolute Gasteiger partial charge is 0.161 e. The maximum atomic E-state index is 12.5. The number of carbonyl (C=O) groups excluding carboxylic acids is 2. The van der Waals surface area contributed by atoms with Crippen LogP contribution in [0.4, 0.5) is 0 Å². The zero-order chi connectivity index (χ0) is 14.0. The van der Waals surface area contributed by atoms with Gasteiger partial charge in [-0.3, -0.25) is 9.59 Å². The van der Waals surface area contributed by atoms with Gasteiger partial charge in [0.1, 0.15) is 21.3 Å². The number of hydrogen-bond acceptors (Lipinski definition) is 2. The highest BCUT2D eigenvalue weighted by atomic mass is 35.5. The van der Waals surface area contributed by atoms with Crippen LogP contribution in [0.3, 0.4) is 0 Å². The Morgan fingerprint density at radius 2 is 0.842 bits per heavy atom. The minimum Gasteiger partial charge on any atom is -0.299 e. The number of ketones is 2. The molecule has 0 spiro atoms. The molecule has 0 N–H and O–H groups in total. The summed E-state index contributed by atoms with van der Waals surface area (Å²) in [6.07, 6.45) is 0. The van der Waals surface area contributed by atoms with Crippen LogP contribution >= 0.6 is 69.6 Å². The van der Waals surface area contributed by atoms with E-state index in [1.54, 1.807) is 0 Å². The lowest BCUT2D eigenvalue weighted by Crippen LogP contribution is -2.73. The van der Waals surface area contributed by atoms with Crippen LogP contribution in [-0.2, 0) is 9.59 Å². The van der Waals surface area contributed by atoms with E-state index in [-0.39, 0.29) is 11.6 Å². The van der Waals surface area contributed by atoms with E-state index in [9.17, 15) is 9.59 Å². The Kier molecular flexibility index (Phi) is 1.72. The van der Waals surface area contributed by atoms with Crippen molar-refractivity contribution in [3.63, 3.8) is 0 Å². The summed E-state index contributed by atoms with van der Waals surface area (Å²) in [6.45, 7) is 0. The lowest BCUT2D eigenvalue weighted by molar-refractivity contribution is -0.143. The third-order valence-electron chi connectivity index (χ3n) is 6.11. The van der Waals surface area contributed by atoms with Crippen LogP contribution in [0.15, 0.2) is 0 Å². The van der Waals surface area contributed by atoms with Crippen molar-refractivity contribution < 1.29 is 9.59 Å². The lowest BCUT2D eigenvalue weighted by atomic mass is 9.57. The molecule has 5 saturated carbocycles. The standard InChI is InChI=1S/C11H4Cl6O2/c12-7-1-2-6(19)4-3(5(1)18)9(7,14)11(16,17)10(4,15)8(2,7)13/h1-4H. The van der Waals surface area contributed by atoms with E-state index in [2.05, 4.69) is 0 Å². The Morgan fingerprint density at radius 3 is 1.16 bits per heavy atom. The van der Waals surface area contributed by atoms with Gasteiger partial charge in [0.15, 0.2) is 4.33 Å². The van der Waals surface area contributed by atoms with Crippen LogP contribution in [0.1, 0.15) is 0 Å². The second-order valence-corrected chi connectivity index (χ2v) is 9.85. The van der Waals surface area contributed by atoms with E-state index < -0.39 is 47.5 Å². The van der Waals surface area contributed by atoms with Gasteiger partial charge in [0.25, 0.3) is 0 Å². The summed E-state index contributed by atoms with van der Waals surface area (Å²) in [4.78, 5) is 19.3. The van der Waals surface area contributed by atoms with Gasteiger partial charge in [-0.15, -0.1) is 46.4 Å². The number of carbonyl (C=O) groups is 2. The summed E-state index contributed by atoms with van der Waals surface area (Å²) in [5, 5.41) is 0. The number of rotatable bonds is 0. The van der Waals surface area contributed by atoms with Crippen molar-refractivity contribution in [3.8, 4) is 0 Å². The van der Waals surface area contributed by atoms with E-state index in [1.807, 2.05) is 0 Å². The zero-order valence-electron chi connectivity index (χ0n) is 8.89. The monoisotopic (exact) mass is 378 g/mol. The molecule has 0 saturated heterocycles. The molecular weight excluding hydrogens is 377 g/mol. The molecule has 19 heavy (non-hydrogen) atoms. The molecule has 5 aliphatic carbocycles. The summed E-state index contributed by atoms with van der Waals surface area (Å²) < 4.78 is -1.72. The van der Waals surface area contributed by atoms with Crippen molar-refractivity contribution in [2.45, 2.75) is 23.8 Å². The number of halogens is 6. The fourth-order valence-corrected chi connectivity index (χ4v) is 9.87. The van der Waals surface area contributed by atoms with Crippen molar-refractivity contribution in [2.75, 3.05) is 0 Å². The van der Waals surface area contributed by atoms with Crippen molar-refractivity contribution in [1.29, 1.82) is 0 Å². The zero-order valence-corrected chi connectivity index (χ0v) is 13.4. The average Bonchev–Trinajstić information content (AvgIpc) is 2.57. The van der Waals surface area contributed by atoms with Gasteiger partial charge in [0.05, 0.1) is 33.4 Å². The molecule has 0 aliphatic heterocycles. The first-order valence-corrected chi connectivity index (χ1v) is 8.04. The molecule has 5 aliphatic rings. The topological polar surface area (TPSA) is 34.1 Å². The lowest BCUT2D eigenvalue weighted by Gasteiger charge is -2.58. The second-order valence-electron chi connectivity index (χ2n) is 6.14. The van der Waals surface area contributed by atoms with Gasteiger partial charge in [-0.2, -0.15) is 0 Å². The summed E-state index contributed by atoms with van der Waals surface area (Å²) >= 11 is 39.4. The van der Waals surface area contributed by atoms with Crippen molar-refractivity contribution >= 4 is 81.2 Å². The van der Waals surface area contributed by atoms with Gasteiger partial charge in [0, 0.05) is 0 Å². The summed E-state index contributed by atoms with van der Waals surface area (Å²) in [6, 6.07) is 0. The molecule has 8 unspecified atom stereocenters. The minimum absolute atomic E-state index is 0.165. The van der Waals surface area contributed by atoms with Gasteiger partial charge in [-0.05, 0) is 0 Å². The van der Waals surface area contributed by atoms with Crippen LogP contribution in [0.5, 0.6) is 0 Å². The van der Waals surface area contributed by atoms with Gasteiger partial charge in [-0.1, -0.05) is 23.2 Å². The van der Waals surface area contributed by atoms with Gasteiger partial charge in [0.2, 0.25) is 0 Å². The van der Waals surface area contributed by atoms with Crippen LogP contribution < -0.4 is 0 Å². The molecule has 5 fully saturated rings. The van der Waals surface area contributed by atoms with Gasteiger partial charge >= 0.3 is 0 Å². The molecule has 0 heterocycles. The Morgan fingerprint density at radius 1 is 0.579 bits per heavy atom. The number of hydrogen-bond donors (Lipinski definition) is 0. The molecule has 5 rings (SSSR count). The highest BCUT2D eigenvalue weighted by Crippen LogP contribution is 2.96. The molecule has 2 bridgehead atoms. The van der Waals surface area contributed by atoms with Gasteiger partial charge in [-0.25, -0.2) is 0 Å². The highest BCUT2D eigenvalue weighted by molar-refractivity contribution is 6.68. The fraction of sp³-hybridized carbons (Fsp3) is 0.818. The van der Waals surface area contributed by atoms with E-state index in [4.69, 9.17) is 69.6 Å². The predicted molar refractivity (Wildman–Crippen MR) is 72.7 cm³/mol. The molecule has 2 nitrogen and oxygen atoms in total. The molecule has 0 aromatic heterocycles. The SMILES string of the molecule is O=C1C2C3C(=O)C4C1C1(Cl)C2(Cl)C(Cl)(Cl)C3(Cl)C41Cl. The van der Waals surface area contributed by atoms with Crippen molar-refractivity contribution in [3.05, 3.63) is 0 Å². The van der Waals surface area contributed by atoms with Crippen molar-refractivity contribution in [1.82, 2.24) is 0 Å². The Balaban J connectivity index is 2.03. The maximum Gasteiger partial charge on any atom is 0.161 e. The average molecular weight is 381 g/mol. The summed E-state index contributed by atoms with van der Waals surface area (Å²) in [5.74, 6) is -3.41. The van der Waals surface area contributed by atoms with E-state index in [0.29, 0.717) is 0 Å². The Labute approximate surface area is 138 Å². The third-order valence-corrected chi connectivity index (χ3v) is 11.3. The summed E-state index contributed by atoms with van der Waals surface area (Å²) in [5.41, 5.74) is 0. The molecule has 0 aromatic carbocycles. The molecule has 8 heteroatoms. The Hall–Kier alpha value is 1.08. The molecule has 102 valence electrons. The van der Waals surface area contributed by atoms with Crippen LogP contribution in [0, 0.1) is 23.7 Å². The van der Waals surface area contributed by atoms with E-state index in [0.717, 1.165) is 0 Å². The first-order valence-electron chi connectivity index (χ1n) is 5.77. The molecule has 0 amide bonds. The van der Waals surface area contributed by atoms with Crippen LogP contribution in [0.25, 0.3) is 0 Å². The molecule has 8 atom stereocenters. The van der Waals surface area contributed by atoms with Gasteiger partial charge < -0.3 is 0 Å². The summed E-state index contributed by atoms with van der Waals surface area (Å²) in [7, 11) is 0. The largest absolute Gasteiger partial charge is 0.299 e. The third kappa shape index (κ3) is 0.629. The first kappa shape index (κ1) is 12.6. The number of alkyl halides is 6. The maximum absolute atomic E-state index is 12.5. The minimum atomic E-state index is -1.72. The molecular formula is C11H4Cl6O2. The van der Waals surface area contributed by atoms with E-state index >= 15 is 0 Å². The van der Waals surface area contributed by atoms with Crippen LogP contribution in [0.2, 0.25) is 0 Å². The normalized spacial score (nSPS) is 73.2. The predicted octanol–water partition coefficient (Wildman–Crippen LogP) is 2.74. The fourth-order valence-electron chi connectivity index (χ4n) is 5.65.